The first-order valence-electron chi connectivity index (χ1n) is 4.32. The van der Waals surface area contributed by atoms with Crippen LogP contribution in [0.4, 0.5) is 0 Å². The second-order valence-corrected chi connectivity index (χ2v) is 3.55. The van der Waals surface area contributed by atoms with Gasteiger partial charge in [-0.3, -0.25) is 4.79 Å². The molecule has 76 valence electrons. The van der Waals surface area contributed by atoms with E-state index in [2.05, 4.69) is 0 Å². The predicted octanol–water partition coefficient (Wildman–Crippen LogP) is 1.68. The summed E-state index contributed by atoms with van der Waals surface area (Å²) >= 11 is 5.78. The van der Waals surface area contributed by atoms with E-state index >= 15 is 0 Å². The fourth-order valence-electron chi connectivity index (χ4n) is 1.14. The number of halogens is 1. The molecule has 0 saturated heterocycles. The molecule has 0 saturated carbocycles. The summed E-state index contributed by atoms with van der Waals surface area (Å²) < 4.78 is 0. The largest absolute Gasteiger partial charge is 0.480 e. The average Bonchev–Trinajstić information content (AvgIpc) is 2.14. The summed E-state index contributed by atoms with van der Waals surface area (Å²) in [5, 5.41) is 9.22. The Balaban J connectivity index is 2.49. The van der Waals surface area contributed by atoms with Crippen LogP contribution in [0, 0.1) is 0 Å². The molecule has 0 spiro atoms. The van der Waals surface area contributed by atoms with Gasteiger partial charge < -0.3 is 10.8 Å². The molecule has 0 aliphatic rings. The zero-order valence-corrected chi connectivity index (χ0v) is 8.37. The van der Waals surface area contributed by atoms with Gasteiger partial charge >= 0.3 is 5.97 Å². The first-order valence-corrected chi connectivity index (χ1v) is 4.70. The number of rotatable bonds is 4. The molecule has 0 amide bonds. The van der Waals surface area contributed by atoms with Gasteiger partial charge in [0.2, 0.25) is 0 Å². The van der Waals surface area contributed by atoms with Crippen LogP contribution in [0.2, 0.25) is 5.02 Å². The fourth-order valence-corrected chi connectivity index (χ4v) is 1.35. The number of benzene rings is 1. The summed E-state index contributed by atoms with van der Waals surface area (Å²) in [4.78, 5) is 10.4. The highest BCUT2D eigenvalue weighted by Crippen LogP contribution is 2.12. The van der Waals surface area contributed by atoms with E-state index in [1.807, 2.05) is 18.2 Å². The van der Waals surface area contributed by atoms with Crippen molar-refractivity contribution in [3.05, 3.63) is 34.9 Å². The SMILES string of the molecule is NC(CCc1cccc(Cl)c1)C(=O)O. The summed E-state index contributed by atoms with van der Waals surface area (Å²) in [6.45, 7) is 0. The molecule has 1 aromatic rings. The lowest BCUT2D eigenvalue weighted by molar-refractivity contribution is -0.138. The van der Waals surface area contributed by atoms with Gasteiger partial charge in [-0.1, -0.05) is 23.7 Å². The van der Waals surface area contributed by atoms with E-state index in [1.54, 1.807) is 6.07 Å². The van der Waals surface area contributed by atoms with Crippen LogP contribution in [0.25, 0.3) is 0 Å². The third kappa shape index (κ3) is 3.36. The molecule has 0 radical (unpaired) electrons. The summed E-state index contributed by atoms with van der Waals surface area (Å²) in [5.74, 6) is -0.966. The molecule has 1 aromatic carbocycles. The van der Waals surface area contributed by atoms with Crippen LogP contribution in [0.5, 0.6) is 0 Å². The van der Waals surface area contributed by atoms with E-state index < -0.39 is 12.0 Å². The molecule has 0 aromatic heterocycles. The molecule has 0 heterocycles. The van der Waals surface area contributed by atoms with Crippen molar-refractivity contribution in [2.24, 2.45) is 5.73 Å². The topological polar surface area (TPSA) is 63.3 Å². The third-order valence-electron chi connectivity index (χ3n) is 1.95. The minimum absolute atomic E-state index is 0.426. The van der Waals surface area contributed by atoms with Gasteiger partial charge in [-0.05, 0) is 30.5 Å². The Labute approximate surface area is 87.5 Å². The zero-order chi connectivity index (χ0) is 10.6. The van der Waals surface area contributed by atoms with Crippen molar-refractivity contribution < 1.29 is 9.90 Å². The van der Waals surface area contributed by atoms with Gasteiger partial charge in [0.1, 0.15) is 6.04 Å². The lowest BCUT2D eigenvalue weighted by atomic mass is 10.1. The first kappa shape index (κ1) is 11.0. The fraction of sp³-hybridized carbons (Fsp3) is 0.300. The number of hydrogen-bond acceptors (Lipinski definition) is 2. The maximum Gasteiger partial charge on any atom is 0.320 e. The van der Waals surface area contributed by atoms with Crippen molar-refractivity contribution in [3.8, 4) is 0 Å². The van der Waals surface area contributed by atoms with Crippen LogP contribution >= 0.6 is 11.6 Å². The predicted molar refractivity (Wildman–Crippen MR) is 55.4 cm³/mol. The molecular weight excluding hydrogens is 202 g/mol. The molecule has 1 rings (SSSR count). The Hall–Kier alpha value is -1.06. The van der Waals surface area contributed by atoms with Gasteiger partial charge in [-0.2, -0.15) is 0 Å². The van der Waals surface area contributed by atoms with E-state index in [1.165, 1.54) is 0 Å². The van der Waals surface area contributed by atoms with E-state index in [-0.39, 0.29) is 0 Å². The maximum atomic E-state index is 10.4. The van der Waals surface area contributed by atoms with E-state index in [0.29, 0.717) is 17.9 Å². The molecule has 4 heteroatoms. The lowest BCUT2D eigenvalue weighted by Gasteiger charge is -2.05. The number of aryl methyl sites for hydroxylation is 1. The molecule has 3 N–H and O–H groups in total. The van der Waals surface area contributed by atoms with Crippen molar-refractivity contribution in [1.29, 1.82) is 0 Å². The number of hydrogen-bond donors (Lipinski definition) is 2. The zero-order valence-electron chi connectivity index (χ0n) is 7.61. The maximum absolute atomic E-state index is 10.4. The summed E-state index contributed by atoms with van der Waals surface area (Å²) in [6.07, 6.45) is 1.06. The molecule has 14 heavy (non-hydrogen) atoms. The number of carbonyl (C=O) groups is 1. The van der Waals surface area contributed by atoms with Gasteiger partial charge in [0, 0.05) is 5.02 Å². The van der Waals surface area contributed by atoms with E-state index in [0.717, 1.165) is 5.56 Å². The number of nitrogens with two attached hydrogens (primary N) is 1. The molecule has 1 atom stereocenters. The molecule has 0 fully saturated rings. The van der Waals surface area contributed by atoms with Crippen LogP contribution in [0.3, 0.4) is 0 Å². The monoisotopic (exact) mass is 213 g/mol. The molecular formula is C10H12ClNO2. The average molecular weight is 214 g/mol. The Morgan fingerprint density at radius 2 is 2.29 bits per heavy atom. The smallest absolute Gasteiger partial charge is 0.320 e. The molecule has 0 bridgehead atoms. The van der Waals surface area contributed by atoms with Gasteiger partial charge in [0.25, 0.3) is 0 Å². The van der Waals surface area contributed by atoms with Crippen molar-refractivity contribution in [2.45, 2.75) is 18.9 Å². The van der Waals surface area contributed by atoms with Crippen LogP contribution in [0.15, 0.2) is 24.3 Å². The third-order valence-corrected chi connectivity index (χ3v) is 2.19. The quantitative estimate of drug-likeness (QED) is 0.800. The number of carboxylic acid groups (broad SMARTS) is 1. The lowest BCUT2D eigenvalue weighted by Crippen LogP contribution is -2.30. The van der Waals surface area contributed by atoms with Crippen molar-refractivity contribution in [3.63, 3.8) is 0 Å². The second-order valence-electron chi connectivity index (χ2n) is 3.11. The molecule has 1 unspecified atom stereocenters. The van der Waals surface area contributed by atoms with Crippen LogP contribution < -0.4 is 5.73 Å². The van der Waals surface area contributed by atoms with Crippen LogP contribution in [-0.4, -0.2) is 17.1 Å². The normalized spacial score (nSPS) is 12.4. The summed E-state index contributed by atoms with van der Waals surface area (Å²) in [6, 6.07) is 6.54. The molecule has 0 aliphatic carbocycles. The Kier molecular flexibility index (Phi) is 3.92. The minimum atomic E-state index is -0.966. The number of carboxylic acids is 1. The Bertz CT molecular complexity index is 328. The first-order chi connectivity index (χ1) is 6.59. The van der Waals surface area contributed by atoms with Gasteiger partial charge in [0.05, 0.1) is 0 Å². The van der Waals surface area contributed by atoms with Gasteiger partial charge in [-0.25, -0.2) is 0 Å². The standard InChI is InChI=1S/C10H12ClNO2/c11-8-3-1-2-7(6-8)4-5-9(12)10(13)14/h1-3,6,9H,4-5,12H2,(H,13,14). The summed E-state index contributed by atoms with van der Waals surface area (Å²) in [5.41, 5.74) is 6.38. The van der Waals surface area contributed by atoms with Crippen molar-refractivity contribution >= 4 is 17.6 Å². The molecule has 0 aliphatic heterocycles. The highest BCUT2D eigenvalue weighted by molar-refractivity contribution is 6.30. The molecule has 3 nitrogen and oxygen atoms in total. The van der Waals surface area contributed by atoms with Crippen molar-refractivity contribution in [2.75, 3.05) is 0 Å². The van der Waals surface area contributed by atoms with Gasteiger partial charge in [0.15, 0.2) is 0 Å². The summed E-state index contributed by atoms with van der Waals surface area (Å²) in [7, 11) is 0. The number of aliphatic carboxylic acids is 1. The van der Waals surface area contributed by atoms with E-state index in [4.69, 9.17) is 22.4 Å². The van der Waals surface area contributed by atoms with Crippen LogP contribution in [-0.2, 0) is 11.2 Å². The minimum Gasteiger partial charge on any atom is -0.480 e. The Morgan fingerprint density at radius 1 is 1.57 bits per heavy atom. The second kappa shape index (κ2) is 4.98. The van der Waals surface area contributed by atoms with E-state index in [9.17, 15) is 4.79 Å². The Morgan fingerprint density at radius 3 is 2.86 bits per heavy atom. The highest BCUT2D eigenvalue weighted by atomic mass is 35.5. The highest BCUT2D eigenvalue weighted by Gasteiger charge is 2.10. The van der Waals surface area contributed by atoms with Gasteiger partial charge in [-0.15, -0.1) is 0 Å². The van der Waals surface area contributed by atoms with Crippen molar-refractivity contribution in [1.82, 2.24) is 0 Å². The van der Waals surface area contributed by atoms with Crippen LogP contribution in [0.1, 0.15) is 12.0 Å².